The number of hydrogen-bond acceptors (Lipinski definition) is 0. The Balaban J connectivity index is 0.000000257. The van der Waals surface area contributed by atoms with Crippen molar-refractivity contribution in [2.24, 2.45) is 11.8 Å². The summed E-state index contributed by atoms with van der Waals surface area (Å²) < 4.78 is 1.51. The molecule has 1 heteroatoms. The molecule has 0 heterocycles. The summed E-state index contributed by atoms with van der Waals surface area (Å²) in [5, 5.41) is 0. The van der Waals surface area contributed by atoms with Crippen molar-refractivity contribution in [2.75, 3.05) is 0 Å². The van der Waals surface area contributed by atoms with Gasteiger partial charge in [-0.05, 0) is 17.4 Å². The van der Waals surface area contributed by atoms with Crippen molar-refractivity contribution in [1.29, 1.82) is 0 Å². The van der Waals surface area contributed by atoms with Gasteiger partial charge in [0.1, 0.15) is 0 Å². The summed E-state index contributed by atoms with van der Waals surface area (Å²) in [6.45, 7) is 26.7. The first kappa shape index (κ1) is 29.9. The number of rotatable bonds is 1. The first-order chi connectivity index (χ1) is 16.0. The Morgan fingerprint density at radius 3 is 1.91 bits per heavy atom. The van der Waals surface area contributed by atoms with Crippen LogP contribution in [0.15, 0.2) is 47.6 Å². The molecule has 0 bridgehead atoms. The molecule has 35 heavy (non-hydrogen) atoms. The van der Waals surface area contributed by atoms with Crippen LogP contribution in [-0.2, 0) is 41.5 Å². The van der Waals surface area contributed by atoms with E-state index in [1.807, 2.05) is 0 Å². The van der Waals surface area contributed by atoms with Gasteiger partial charge in [0.15, 0.2) is 0 Å². The van der Waals surface area contributed by atoms with Crippen molar-refractivity contribution in [2.45, 2.75) is 100 Å². The summed E-state index contributed by atoms with van der Waals surface area (Å²) in [7, 11) is 0. The molecule has 1 unspecified atom stereocenters. The van der Waals surface area contributed by atoms with Crippen molar-refractivity contribution in [3.8, 4) is 11.1 Å². The van der Waals surface area contributed by atoms with Gasteiger partial charge in [-0.25, -0.2) is 5.57 Å². The average Bonchev–Trinajstić information content (AvgIpc) is 3.24. The van der Waals surface area contributed by atoms with Crippen LogP contribution in [0.2, 0.25) is 0 Å². The molecule has 0 saturated carbocycles. The zero-order valence-electron chi connectivity index (χ0n) is 24.3. The van der Waals surface area contributed by atoms with E-state index in [4.69, 9.17) is 0 Å². The fraction of sp³-hybridized carbons (Fsp3) is 0.500. The molecule has 0 nitrogen and oxygen atoms in total. The fourth-order valence-electron chi connectivity index (χ4n) is 4.47. The van der Waals surface area contributed by atoms with Crippen LogP contribution in [0.1, 0.15) is 105 Å². The van der Waals surface area contributed by atoms with Crippen LogP contribution in [0, 0.1) is 24.0 Å². The molecule has 0 spiro atoms. The maximum absolute atomic E-state index is 3.53. The number of hydrogen-bond donors (Lipinski definition) is 0. The van der Waals surface area contributed by atoms with Gasteiger partial charge in [0.25, 0.3) is 0 Å². The van der Waals surface area contributed by atoms with Crippen LogP contribution in [0.5, 0.6) is 0 Å². The number of fused-ring (bicyclic) bond motifs is 3. The second-order valence-electron chi connectivity index (χ2n) is 12.7. The normalized spacial score (nSPS) is 16.4. The van der Waals surface area contributed by atoms with E-state index in [0.717, 1.165) is 6.42 Å². The van der Waals surface area contributed by atoms with E-state index < -0.39 is 0 Å². The van der Waals surface area contributed by atoms with E-state index in [-0.39, 0.29) is 10.8 Å². The predicted molar refractivity (Wildman–Crippen MR) is 152 cm³/mol. The third-order valence-corrected chi connectivity index (χ3v) is 6.45. The molecule has 0 saturated heterocycles. The minimum absolute atomic E-state index is 0.177. The van der Waals surface area contributed by atoms with E-state index in [9.17, 15) is 0 Å². The van der Waals surface area contributed by atoms with Crippen LogP contribution in [0.25, 0.3) is 11.1 Å². The van der Waals surface area contributed by atoms with Gasteiger partial charge < -0.3 is 0 Å². The predicted octanol–water partition coefficient (Wildman–Crippen LogP) is 9.37. The summed E-state index contributed by atoms with van der Waals surface area (Å²) in [5.74, 6) is 1.20. The van der Waals surface area contributed by atoms with Crippen molar-refractivity contribution < 1.29 is 24.2 Å². The van der Waals surface area contributed by atoms with Gasteiger partial charge in [0.05, 0.1) is 0 Å². The third-order valence-electron chi connectivity index (χ3n) is 6.45. The SMILES string of the molecule is CC(C)(C)c1c[c-]c2c(c1)-c1cc(C(C)(C)C)ccc1C2.CC1=[C-]C(C)C=C1C(C)C.C[C](C)=[Zr+2]. The molecular formula is C34H46Zr. The number of allylic oxidation sites excluding steroid dienone is 4. The Labute approximate surface area is 231 Å². The second kappa shape index (κ2) is 11.8. The van der Waals surface area contributed by atoms with E-state index >= 15 is 0 Å². The van der Waals surface area contributed by atoms with Gasteiger partial charge in [-0.3, -0.25) is 6.08 Å². The van der Waals surface area contributed by atoms with Crippen LogP contribution in [0.4, 0.5) is 0 Å². The van der Waals surface area contributed by atoms with E-state index in [0.29, 0.717) is 11.8 Å². The summed E-state index contributed by atoms with van der Waals surface area (Å²) in [4.78, 5) is 0. The quantitative estimate of drug-likeness (QED) is 0.267. The minimum atomic E-state index is 0.177. The monoisotopic (exact) mass is 544 g/mol. The molecule has 0 N–H and O–H groups in total. The van der Waals surface area contributed by atoms with Gasteiger partial charge >= 0.3 is 41.3 Å². The Bertz CT molecular complexity index is 1040. The van der Waals surface area contributed by atoms with Crippen LogP contribution < -0.4 is 0 Å². The van der Waals surface area contributed by atoms with Gasteiger partial charge in [-0.1, -0.05) is 116 Å². The summed E-state index contributed by atoms with van der Waals surface area (Å²) >= 11 is 1.55. The summed E-state index contributed by atoms with van der Waals surface area (Å²) in [6.07, 6.45) is 6.71. The van der Waals surface area contributed by atoms with Crippen molar-refractivity contribution >= 4 is 3.21 Å². The van der Waals surface area contributed by atoms with Gasteiger partial charge in [-0.15, -0.1) is 5.56 Å². The Hall–Kier alpha value is -1.33. The van der Waals surface area contributed by atoms with Gasteiger partial charge in [0.2, 0.25) is 0 Å². The summed E-state index contributed by atoms with van der Waals surface area (Å²) in [6, 6.07) is 15.1. The Kier molecular flexibility index (Phi) is 10.1. The molecule has 0 amide bonds. The molecule has 0 fully saturated rings. The molecule has 0 aliphatic heterocycles. The molecule has 1 atom stereocenters. The van der Waals surface area contributed by atoms with E-state index in [2.05, 4.69) is 132 Å². The fourth-order valence-corrected chi connectivity index (χ4v) is 4.47. The maximum atomic E-state index is 3.53. The Morgan fingerprint density at radius 2 is 1.49 bits per heavy atom. The third kappa shape index (κ3) is 8.35. The van der Waals surface area contributed by atoms with E-state index in [1.54, 1.807) is 24.2 Å². The molecular weight excluding hydrogens is 500 g/mol. The average molecular weight is 546 g/mol. The molecule has 2 aliphatic carbocycles. The molecule has 2 aromatic rings. The zero-order valence-corrected chi connectivity index (χ0v) is 26.8. The van der Waals surface area contributed by atoms with Crippen LogP contribution in [-0.4, -0.2) is 3.21 Å². The number of benzene rings is 2. The standard InChI is InChI=1S/C21H25.C10H15.C3H6.Zr/c1-20(2,3)16-9-7-14-11-15-8-10-17(21(4,5)6)13-19(15)18(14)12-16;1-7(2)10-6-8(3)5-9(10)4;1-3-2;/h7,9-10,12-13H,11H2,1-6H3;6-8H,1-4H3;1-2H3;/q2*-1;;+2. The molecule has 2 aromatic carbocycles. The Morgan fingerprint density at radius 1 is 0.943 bits per heavy atom. The zero-order chi connectivity index (χ0) is 26.7. The summed E-state index contributed by atoms with van der Waals surface area (Å²) in [5.41, 5.74) is 11.6. The molecule has 0 radical (unpaired) electrons. The molecule has 186 valence electrons. The van der Waals surface area contributed by atoms with Crippen molar-refractivity contribution in [1.82, 2.24) is 0 Å². The molecule has 0 aromatic heterocycles. The van der Waals surface area contributed by atoms with Crippen LogP contribution >= 0.6 is 0 Å². The molecule has 2 aliphatic rings. The van der Waals surface area contributed by atoms with Crippen LogP contribution in [0.3, 0.4) is 0 Å². The van der Waals surface area contributed by atoms with Gasteiger partial charge in [-0.2, -0.15) is 41.0 Å². The topological polar surface area (TPSA) is 0 Å². The van der Waals surface area contributed by atoms with Crippen molar-refractivity contribution in [3.63, 3.8) is 0 Å². The first-order valence-corrected chi connectivity index (χ1v) is 14.3. The molecule has 4 rings (SSSR count). The van der Waals surface area contributed by atoms with Gasteiger partial charge in [0, 0.05) is 0 Å². The van der Waals surface area contributed by atoms with E-state index in [1.165, 1.54) is 47.7 Å². The first-order valence-electron chi connectivity index (χ1n) is 13.0. The second-order valence-corrected chi connectivity index (χ2v) is 15.1. The van der Waals surface area contributed by atoms with Crippen molar-refractivity contribution in [3.05, 3.63) is 82.0 Å².